The summed E-state index contributed by atoms with van der Waals surface area (Å²) >= 11 is 0. The molecule has 0 bridgehead atoms. The molecule has 1 rings (SSSR count). The maximum Gasteiger partial charge on any atom is 0.408 e. The third-order valence-corrected chi connectivity index (χ3v) is 2.85. The summed E-state index contributed by atoms with van der Waals surface area (Å²) in [4.78, 5) is 35.5. The molecule has 3 N–H and O–H groups in total. The topological polar surface area (TPSA) is 106 Å². The lowest BCUT2D eigenvalue weighted by Gasteiger charge is -2.21. The van der Waals surface area contributed by atoms with Crippen LogP contribution < -0.4 is 20.9 Å². The summed E-state index contributed by atoms with van der Waals surface area (Å²) in [5.41, 5.74) is 4.22. The van der Waals surface area contributed by atoms with Crippen molar-refractivity contribution in [3.8, 4) is 5.75 Å². The first-order chi connectivity index (χ1) is 11.6. The van der Waals surface area contributed by atoms with Crippen LogP contribution in [0.5, 0.6) is 5.75 Å². The number of alkyl carbamates (subject to hydrolysis) is 1. The van der Waals surface area contributed by atoms with E-state index in [-0.39, 0.29) is 0 Å². The summed E-state index contributed by atoms with van der Waals surface area (Å²) in [6, 6.07) is 5.60. The summed E-state index contributed by atoms with van der Waals surface area (Å²) in [5, 5.41) is 2.38. The van der Waals surface area contributed by atoms with Crippen molar-refractivity contribution in [3.05, 3.63) is 29.8 Å². The monoisotopic (exact) mass is 351 g/mol. The van der Waals surface area contributed by atoms with Gasteiger partial charge in [-0.05, 0) is 58.9 Å². The standard InChI is InChI=1S/C17H25N3O5/c1-6-24-13-9-7-12(8-10-13)15(22)20-19-14(21)11(2)18-16(23)25-17(3,4)5/h7-11H,6H2,1-5H3,(H,18,23)(H,19,21)(H,20,22). The average Bonchev–Trinajstić information content (AvgIpc) is 2.51. The molecular weight excluding hydrogens is 326 g/mol. The van der Waals surface area contributed by atoms with E-state index in [9.17, 15) is 14.4 Å². The molecule has 0 saturated heterocycles. The van der Waals surface area contributed by atoms with Gasteiger partial charge in [0.25, 0.3) is 11.8 Å². The van der Waals surface area contributed by atoms with Gasteiger partial charge in [-0.1, -0.05) is 0 Å². The Hall–Kier alpha value is -2.77. The highest BCUT2D eigenvalue weighted by atomic mass is 16.6. The summed E-state index contributed by atoms with van der Waals surface area (Å²) in [5.74, 6) is -0.413. The average molecular weight is 351 g/mol. The lowest BCUT2D eigenvalue weighted by atomic mass is 10.2. The van der Waals surface area contributed by atoms with Crippen molar-refractivity contribution < 1.29 is 23.9 Å². The summed E-state index contributed by atoms with van der Waals surface area (Å²) in [7, 11) is 0. The van der Waals surface area contributed by atoms with E-state index >= 15 is 0 Å². The van der Waals surface area contributed by atoms with E-state index in [1.54, 1.807) is 45.0 Å². The van der Waals surface area contributed by atoms with Crippen LogP contribution in [-0.4, -0.2) is 36.2 Å². The van der Waals surface area contributed by atoms with Crippen molar-refractivity contribution in [3.63, 3.8) is 0 Å². The predicted molar refractivity (Wildman–Crippen MR) is 92.1 cm³/mol. The van der Waals surface area contributed by atoms with Gasteiger partial charge in [0.2, 0.25) is 0 Å². The van der Waals surface area contributed by atoms with Crippen molar-refractivity contribution >= 4 is 17.9 Å². The molecule has 8 nitrogen and oxygen atoms in total. The first kappa shape index (κ1) is 20.3. The Morgan fingerprint density at radius 1 is 1.08 bits per heavy atom. The van der Waals surface area contributed by atoms with Crippen LogP contribution in [0.15, 0.2) is 24.3 Å². The fourth-order valence-electron chi connectivity index (χ4n) is 1.72. The van der Waals surface area contributed by atoms with E-state index in [4.69, 9.17) is 9.47 Å². The molecule has 3 amide bonds. The second-order valence-electron chi connectivity index (χ2n) is 6.27. The number of carbonyl (C=O) groups is 3. The van der Waals surface area contributed by atoms with Gasteiger partial charge in [0.05, 0.1) is 6.61 Å². The Labute approximate surface area is 147 Å². The number of benzene rings is 1. The Morgan fingerprint density at radius 2 is 1.68 bits per heavy atom. The molecule has 0 aliphatic rings. The van der Waals surface area contributed by atoms with Crippen LogP contribution in [0, 0.1) is 0 Å². The molecule has 0 radical (unpaired) electrons. The number of rotatable bonds is 5. The number of nitrogens with one attached hydrogen (secondary N) is 3. The van der Waals surface area contributed by atoms with Gasteiger partial charge < -0.3 is 14.8 Å². The van der Waals surface area contributed by atoms with Crippen molar-refractivity contribution in [2.45, 2.75) is 46.3 Å². The van der Waals surface area contributed by atoms with Gasteiger partial charge in [-0.15, -0.1) is 0 Å². The molecule has 0 saturated carbocycles. The van der Waals surface area contributed by atoms with Gasteiger partial charge in [-0.25, -0.2) is 4.79 Å². The molecule has 0 heterocycles. The second kappa shape index (κ2) is 8.91. The lowest BCUT2D eigenvalue weighted by Crippen LogP contribution is -2.51. The van der Waals surface area contributed by atoms with Crippen molar-refractivity contribution in [1.82, 2.24) is 16.2 Å². The minimum atomic E-state index is -0.879. The largest absolute Gasteiger partial charge is 0.494 e. The highest BCUT2D eigenvalue weighted by Gasteiger charge is 2.21. The molecule has 1 aromatic carbocycles. The zero-order valence-corrected chi connectivity index (χ0v) is 15.1. The van der Waals surface area contributed by atoms with E-state index in [2.05, 4.69) is 16.2 Å². The third-order valence-electron chi connectivity index (χ3n) is 2.85. The maximum absolute atomic E-state index is 12.0. The normalized spacial score (nSPS) is 11.9. The van der Waals surface area contributed by atoms with Gasteiger partial charge >= 0.3 is 6.09 Å². The number of carbonyl (C=O) groups excluding carboxylic acids is 3. The van der Waals surface area contributed by atoms with Gasteiger partial charge in [-0.3, -0.25) is 20.4 Å². The van der Waals surface area contributed by atoms with Gasteiger partial charge in [-0.2, -0.15) is 0 Å². The minimum Gasteiger partial charge on any atom is -0.494 e. The van der Waals surface area contributed by atoms with Crippen LogP contribution in [0.1, 0.15) is 45.0 Å². The van der Waals surface area contributed by atoms with Crippen molar-refractivity contribution in [1.29, 1.82) is 0 Å². The number of hydrazine groups is 1. The van der Waals surface area contributed by atoms with E-state index in [0.29, 0.717) is 17.9 Å². The zero-order valence-electron chi connectivity index (χ0n) is 15.1. The fraction of sp³-hybridized carbons (Fsp3) is 0.471. The van der Waals surface area contributed by atoms with E-state index in [1.807, 2.05) is 6.92 Å². The second-order valence-corrected chi connectivity index (χ2v) is 6.27. The summed E-state index contributed by atoms with van der Waals surface area (Å²) in [6.07, 6.45) is -0.715. The fourth-order valence-corrected chi connectivity index (χ4v) is 1.72. The van der Waals surface area contributed by atoms with E-state index in [1.165, 1.54) is 6.92 Å². The van der Waals surface area contributed by atoms with Crippen molar-refractivity contribution in [2.75, 3.05) is 6.61 Å². The van der Waals surface area contributed by atoms with Crippen LogP contribution in [0.4, 0.5) is 4.79 Å². The van der Waals surface area contributed by atoms with Crippen LogP contribution in [0.2, 0.25) is 0 Å². The Balaban J connectivity index is 2.46. The van der Waals surface area contributed by atoms with Crippen LogP contribution in [-0.2, 0) is 9.53 Å². The zero-order chi connectivity index (χ0) is 19.0. The number of hydrogen-bond donors (Lipinski definition) is 3. The first-order valence-electron chi connectivity index (χ1n) is 7.95. The van der Waals surface area contributed by atoms with Crippen molar-refractivity contribution in [2.24, 2.45) is 0 Å². The van der Waals surface area contributed by atoms with Gasteiger partial charge in [0.15, 0.2) is 0 Å². The summed E-state index contributed by atoms with van der Waals surface area (Å²) < 4.78 is 10.3. The molecular formula is C17H25N3O5. The molecule has 1 aromatic rings. The Bertz CT molecular complexity index is 608. The van der Waals surface area contributed by atoms with E-state index in [0.717, 1.165) is 0 Å². The third kappa shape index (κ3) is 7.56. The Kier molecular flexibility index (Phi) is 7.22. The molecule has 138 valence electrons. The summed E-state index contributed by atoms with van der Waals surface area (Å²) in [6.45, 7) is 9.02. The highest BCUT2D eigenvalue weighted by Crippen LogP contribution is 2.11. The first-order valence-corrected chi connectivity index (χ1v) is 7.95. The number of amides is 3. The molecule has 0 spiro atoms. The molecule has 0 aliphatic heterocycles. The van der Waals surface area contributed by atoms with Gasteiger partial charge in [0, 0.05) is 5.56 Å². The molecule has 1 atom stereocenters. The number of hydrogen-bond acceptors (Lipinski definition) is 5. The molecule has 1 unspecified atom stereocenters. The SMILES string of the molecule is CCOc1ccc(C(=O)NNC(=O)C(C)NC(=O)OC(C)(C)C)cc1. The molecule has 8 heteroatoms. The quantitative estimate of drug-likeness (QED) is 0.701. The van der Waals surface area contributed by atoms with Crippen LogP contribution in [0.3, 0.4) is 0 Å². The molecule has 0 fully saturated rings. The molecule has 25 heavy (non-hydrogen) atoms. The van der Waals surface area contributed by atoms with Gasteiger partial charge in [0.1, 0.15) is 17.4 Å². The maximum atomic E-state index is 12.0. The smallest absolute Gasteiger partial charge is 0.408 e. The number of ether oxygens (including phenoxy) is 2. The Morgan fingerprint density at radius 3 is 2.20 bits per heavy atom. The molecule has 0 aromatic heterocycles. The molecule has 0 aliphatic carbocycles. The highest BCUT2D eigenvalue weighted by molar-refractivity contribution is 5.96. The minimum absolute atomic E-state index is 0.358. The van der Waals surface area contributed by atoms with Crippen LogP contribution in [0.25, 0.3) is 0 Å². The van der Waals surface area contributed by atoms with E-state index < -0.39 is 29.6 Å². The predicted octanol–water partition coefficient (Wildman–Crippen LogP) is 1.76. The lowest BCUT2D eigenvalue weighted by molar-refractivity contribution is -0.123. The van der Waals surface area contributed by atoms with Crippen LogP contribution >= 0.6 is 0 Å².